The van der Waals surface area contributed by atoms with Gasteiger partial charge >= 0.3 is 0 Å². The molecule has 1 atom stereocenters. The third kappa shape index (κ3) is 5.71. The number of ketones is 1. The number of aliphatic hydroxyl groups excluding tert-OH is 1. The first-order chi connectivity index (χ1) is 13.2. The van der Waals surface area contributed by atoms with E-state index in [0.29, 0.717) is 23.3 Å². The van der Waals surface area contributed by atoms with Crippen LogP contribution in [0.25, 0.3) is 0 Å². The standard InChI is InChI=1S/C23H22O3S/c24-19(15-16-27-20-11-5-2-6-12-20)17-26-22-14-8-7-13-21(22)23(25)18-9-3-1-4-10-18/h1-14,19,24H,15-17H2. The van der Waals surface area contributed by atoms with Gasteiger partial charge in [-0.05, 0) is 30.7 Å². The first kappa shape index (κ1) is 19.2. The summed E-state index contributed by atoms with van der Waals surface area (Å²) < 4.78 is 5.76. The summed E-state index contributed by atoms with van der Waals surface area (Å²) in [6.07, 6.45) is 0.0371. The summed E-state index contributed by atoms with van der Waals surface area (Å²) in [4.78, 5) is 13.9. The molecule has 1 N–H and O–H groups in total. The number of carbonyl (C=O) groups excluding carboxylic acids is 1. The lowest BCUT2D eigenvalue weighted by Crippen LogP contribution is -2.19. The van der Waals surface area contributed by atoms with E-state index in [-0.39, 0.29) is 12.4 Å². The molecular weight excluding hydrogens is 356 g/mol. The zero-order chi connectivity index (χ0) is 18.9. The van der Waals surface area contributed by atoms with Crippen molar-refractivity contribution in [3.63, 3.8) is 0 Å². The summed E-state index contributed by atoms with van der Waals surface area (Å²) in [6.45, 7) is 0.161. The maximum atomic E-state index is 12.7. The zero-order valence-corrected chi connectivity index (χ0v) is 15.8. The molecule has 0 aromatic heterocycles. The maximum absolute atomic E-state index is 12.7. The number of hydrogen-bond acceptors (Lipinski definition) is 4. The molecule has 27 heavy (non-hydrogen) atoms. The Morgan fingerprint density at radius 3 is 2.26 bits per heavy atom. The molecule has 4 heteroatoms. The van der Waals surface area contributed by atoms with E-state index in [9.17, 15) is 9.90 Å². The van der Waals surface area contributed by atoms with E-state index in [1.54, 1.807) is 36.0 Å². The molecule has 0 bridgehead atoms. The third-order valence-corrected chi connectivity index (χ3v) is 5.11. The van der Waals surface area contributed by atoms with Crippen molar-refractivity contribution in [3.05, 3.63) is 96.1 Å². The van der Waals surface area contributed by atoms with Crippen molar-refractivity contribution in [3.8, 4) is 5.75 Å². The van der Waals surface area contributed by atoms with Gasteiger partial charge in [-0.3, -0.25) is 4.79 Å². The second kappa shape index (κ2) is 9.95. The number of thioether (sulfide) groups is 1. The van der Waals surface area contributed by atoms with E-state index in [1.165, 1.54) is 4.90 Å². The molecule has 3 nitrogen and oxygen atoms in total. The van der Waals surface area contributed by atoms with Crippen LogP contribution in [0.2, 0.25) is 0 Å². The van der Waals surface area contributed by atoms with Crippen LogP contribution in [0.3, 0.4) is 0 Å². The Morgan fingerprint density at radius 1 is 0.889 bits per heavy atom. The van der Waals surface area contributed by atoms with Gasteiger partial charge in [-0.15, -0.1) is 11.8 Å². The molecule has 0 amide bonds. The van der Waals surface area contributed by atoms with Gasteiger partial charge in [-0.25, -0.2) is 0 Å². The number of ether oxygens (including phenoxy) is 1. The van der Waals surface area contributed by atoms with E-state index in [2.05, 4.69) is 12.1 Å². The molecule has 138 valence electrons. The highest BCUT2D eigenvalue weighted by Gasteiger charge is 2.15. The summed E-state index contributed by atoms with van der Waals surface area (Å²) in [5.41, 5.74) is 1.13. The van der Waals surface area contributed by atoms with Crippen LogP contribution in [-0.2, 0) is 0 Å². The molecule has 0 saturated carbocycles. The molecule has 0 aliphatic rings. The molecule has 0 aliphatic carbocycles. The largest absolute Gasteiger partial charge is 0.490 e. The Morgan fingerprint density at radius 2 is 1.52 bits per heavy atom. The van der Waals surface area contributed by atoms with Crippen molar-refractivity contribution in [2.45, 2.75) is 17.4 Å². The van der Waals surface area contributed by atoms with E-state index in [0.717, 1.165) is 5.75 Å². The number of carbonyl (C=O) groups is 1. The number of aliphatic hydroxyl groups is 1. The number of para-hydroxylation sites is 1. The monoisotopic (exact) mass is 378 g/mol. The Labute approximate surface area is 164 Å². The molecule has 0 aliphatic heterocycles. The van der Waals surface area contributed by atoms with E-state index in [4.69, 9.17) is 4.74 Å². The average Bonchev–Trinajstić information content (AvgIpc) is 2.73. The number of rotatable bonds is 9. The van der Waals surface area contributed by atoms with Crippen LogP contribution in [0.5, 0.6) is 5.75 Å². The Kier molecular flexibility index (Phi) is 7.08. The van der Waals surface area contributed by atoms with Gasteiger partial charge in [0.15, 0.2) is 5.78 Å². The van der Waals surface area contributed by atoms with E-state index >= 15 is 0 Å². The van der Waals surface area contributed by atoms with Gasteiger partial charge in [-0.2, -0.15) is 0 Å². The van der Waals surface area contributed by atoms with Gasteiger partial charge in [0.25, 0.3) is 0 Å². The van der Waals surface area contributed by atoms with Crippen molar-refractivity contribution in [1.29, 1.82) is 0 Å². The Balaban J connectivity index is 1.54. The summed E-state index contributed by atoms with van der Waals surface area (Å²) in [5, 5.41) is 10.2. The van der Waals surface area contributed by atoms with Crippen molar-refractivity contribution >= 4 is 17.5 Å². The molecular formula is C23H22O3S. The van der Waals surface area contributed by atoms with Crippen LogP contribution >= 0.6 is 11.8 Å². The second-order valence-electron chi connectivity index (χ2n) is 6.11. The molecule has 0 fully saturated rings. The lowest BCUT2D eigenvalue weighted by molar-refractivity contribution is 0.0983. The summed E-state index contributed by atoms with van der Waals surface area (Å²) in [6, 6.07) is 26.4. The van der Waals surface area contributed by atoms with E-state index in [1.807, 2.05) is 48.5 Å². The smallest absolute Gasteiger partial charge is 0.196 e. The fourth-order valence-corrected chi connectivity index (χ4v) is 3.60. The highest BCUT2D eigenvalue weighted by molar-refractivity contribution is 7.99. The van der Waals surface area contributed by atoms with Crippen molar-refractivity contribution in [1.82, 2.24) is 0 Å². The van der Waals surface area contributed by atoms with Gasteiger partial charge in [0.1, 0.15) is 12.4 Å². The Bertz CT molecular complexity index is 850. The lowest BCUT2D eigenvalue weighted by Gasteiger charge is -2.14. The molecule has 0 spiro atoms. The minimum atomic E-state index is -0.582. The summed E-state index contributed by atoms with van der Waals surface area (Å²) >= 11 is 1.71. The molecule has 1 unspecified atom stereocenters. The fraction of sp³-hybridized carbons (Fsp3) is 0.174. The number of hydrogen-bond donors (Lipinski definition) is 1. The lowest BCUT2D eigenvalue weighted by atomic mass is 10.0. The normalized spacial score (nSPS) is 11.7. The second-order valence-corrected chi connectivity index (χ2v) is 7.27. The molecule has 0 heterocycles. The summed E-state index contributed by atoms with van der Waals surface area (Å²) in [7, 11) is 0. The zero-order valence-electron chi connectivity index (χ0n) is 15.0. The highest BCUT2D eigenvalue weighted by atomic mass is 32.2. The first-order valence-electron chi connectivity index (χ1n) is 8.91. The van der Waals surface area contributed by atoms with Crippen LogP contribution in [0.1, 0.15) is 22.3 Å². The molecule has 0 saturated heterocycles. The minimum Gasteiger partial charge on any atom is -0.490 e. The maximum Gasteiger partial charge on any atom is 0.196 e. The quantitative estimate of drug-likeness (QED) is 0.427. The Hall–Kier alpha value is -2.56. The van der Waals surface area contributed by atoms with Crippen molar-refractivity contribution in [2.24, 2.45) is 0 Å². The molecule has 3 aromatic rings. The SMILES string of the molecule is O=C(c1ccccc1)c1ccccc1OCC(O)CCSc1ccccc1. The molecule has 0 radical (unpaired) electrons. The van der Waals surface area contributed by atoms with Gasteiger partial charge in [-0.1, -0.05) is 60.7 Å². The fourth-order valence-electron chi connectivity index (χ4n) is 2.62. The number of benzene rings is 3. The molecule has 3 aromatic carbocycles. The van der Waals surface area contributed by atoms with Crippen LogP contribution in [0, 0.1) is 0 Å². The summed E-state index contributed by atoms with van der Waals surface area (Å²) in [5.74, 6) is 1.22. The van der Waals surface area contributed by atoms with E-state index < -0.39 is 6.10 Å². The van der Waals surface area contributed by atoms with Crippen molar-refractivity contribution < 1.29 is 14.6 Å². The predicted molar refractivity (Wildman–Crippen MR) is 110 cm³/mol. The van der Waals surface area contributed by atoms with Crippen LogP contribution in [0.15, 0.2) is 89.8 Å². The van der Waals surface area contributed by atoms with Gasteiger partial charge in [0, 0.05) is 16.2 Å². The van der Waals surface area contributed by atoms with Crippen LogP contribution in [-0.4, -0.2) is 29.4 Å². The minimum absolute atomic E-state index is 0.0830. The van der Waals surface area contributed by atoms with Gasteiger partial charge in [0.05, 0.1) is 11.7 Å². The molecule has 3 rings (SSSR count). The predicted octanol–water partition coefficient (Wildman–Crippen LogP) is 4.84. The van der Waals surface area contributed by atoms with Gasteiger partial charge in [0.2, 0.25) is 0 Å². The average molecular weight is 378 g/mol. The van der Waals surface area contributed by atoms with Crippen LogP contribution in [0.4, 0.5) is 0 Å². The first-order valence-corrected chi connectivity index (χ1v) is 9.90. The topological polar surface area (TPSA) is 46.5 Å². The van der Waals surface area contributed by atoms with Crippen LogP contribution < -0.4 is 4.74 Å². The third-order valence-electron chi connectivity index (χ3n) is 4.06. The van der Waals surface area contributed by atoms with Gasteiger partial charge < -0.3 is 9.84 Å². The highest BCUT2D eigenvalue weighted by Crippen LogP contribution is 2.23. The van der Waals surface area contributed by atoms with Crippen molar-refractivity contribution in [2.75, 3.05) is 12.4 Å².